The normalized spacial score (nSPS) is 18.6. The fraction of sp³-hybridized carbons (Fsp3) is 0.364. The summed E-state index contributed by atoms with van der Waals surface area (Å²) in [6.45, 7) is 1.84. The number of nitrogens with zero attached hydrogens (tertiary/aromatic N) is 2. The minimum atomic E-state index is -0.542. The van der Waals surface area contributed by atoms with Crippen LogP contribution in [-0.2, 0) is 0 Å². The van der Waals surface area contributed by atoms with E-state index in [0.29, 0.717) is 6.04 Å². The highest BCUT2D eigenvalue weighted by Crippen LogP contribution is 2.22. The summed E-state index contributed by atoms with van der Waals surface area (Å²) < 4.78 is 0. The van der Waals surface area contributed by atoms with Crippen LogP contribution in [0.15, 0.2) is 18.2 Å². The number of nitro benzene ring substituents is 1. The summed E-state index contributed by atoms with van der Waals surface area (Å²) in [6.07, 6.45) is 1.01. The molecule has 88 valence electrons. The Balaban J connectivity index is 2.19. The Kier molecular flexibility index (Phi) is 3.21. The van der Waals surface area contributed by atoms with Gasteiger partial charge in [-0.05, 0) is 25.1 Å². The molecule has 0 amide bonds. The number of benzene rings is 1. The maximum Gasteiger partial charge on any atom is 0.287 e. The molecule has 1 heterocycles. The zero-order chi connectivity index (χ0) is 12.3. The lowest BCUT2D eigenvalue weighted by molar-refractivity contribution is -0.385. The van der Waals surface area contributed by atoms with Crippen LogP contribution in [0.5, 0.6) is 0 Å². The Morgan fingerprint density at radius 1 is 1.59 bits per heavy atom. The molecule has 1 aromatic rings. The van der Waals surface area contributed by atoms with Gasteiger partial charge in [-0.25, -0.2) is 0 Å². The Labute approximate surface area is 98.4 Å². The molecule has 2 N–H and O–H groups in total. The van der Waals surface area contributed by atoms with E-state index >= 15 is 0 Å². The third-order valence-corrected chi connectivity index (χ3v) is 2.74. The molecule has 1 unspecified atom stereocenters. The third-order valence-electron chi connectivity index (χ3n) is 2.74. The van der Waals surface area contributed by atoms with Gasteiger partial charge < -0.3 is 10.6 Å². The Morgan fingerprint density at radius 2 is 2.41 bits per heavy atom. The average molecular weight is 232 g/mol. The van der Waals surface area contributed by atoms with Crippen LogP contribution in [0.4, 0.5) is 11.4 Å². The smallest absolute Gasteiger partial charge is 0.287 e. The largest absolute Gasteiger partial charge is 0.381 e. The number of anilines is 1. The van der Waals surface area contributed by atoms with Crippen molar-refractivity contribution in [3.8, 4) is 6.07 Å². The molecule has 1 aliphatic heterocycles. The van der Waals surface area contributed by atoms with Crippen LogP contribution < -0.4 is 10.6 Å². The molecular formula is C11H12N4O2. The molecule has 0 aromatic heterocycles. The van der Waals surface area contributed by atoms with E-state index in [-0.39, 0.29) is 11.3 Å². The fourth-order valence-electron chi connectivity index (χ4n) is 1.89. The second-order valence-corrected chi connectivity index (χ2v) is 3.93. The minimum Gasteiger partial charge on any atom is -0.381 e. The van der Waals surface area contributed by atoms with Gasteiger partial charge in [0.25, 0.3) is 5.69 Å². The van der Waals surface area contributed by atoms with Gasteiger partial charge >= 0.3 is 0 Å². The van der Waals surface area contributed by atoms with Gasteiger partial charge in [0.2, 0.25) is 0 Å². The molecule has 6 nitrogen and oxygen atoms in total. The Morgan fingerprint density at radius 3 is 3.00 bits per heavy atom. The predicted octanol–water partition coefficient (Wildman–Crippen LogP) is 1.24. The van der Waals surface area contributed by atoms with Gasteiger partial charge in [0.15, 0.2) is 0 Å². The quantitative estimate of drug-likeness (QED) is 0.604. The zero-order valence-electron chi connectivity index (χ0n) is 9.14. The molecule has 1 atom stereocenters. The van der Waals surface area contributed by atoms with Crippen molar-refractivity contribution in [1.29, 1.82) is 5.26 Å². The summed E-state index contributed by atoms with van der Waals surface area (Å²) in [4.78, 5) is 10.1. The van der Waals surface area contributed by atoms with E-state index in [4.69, 9.17) is 5.26 Å². The van der Waals surface area contributed by atoms with Crippen molar-refractivity contribution in [2.75, 3.05) is 18.4 Å². The first-order valence-electron chi connectivity index (χ1n) is 5.36. The van der Waals surface area contributed by atoms with Gasteiger partial charge in [-0.15, -0.1) is 0 Å². The highest BCUT2D eigenvalue weighted by molar-refractivity contribution is 5.59. The summed E-state index contributed by atoms with van der Waals surface area (Å²) in [7, 11) is 0. The topological polar surface area (TPSA) is 91.0 Å². The zero-order valence-corrected chi connectivity index (χ0v) is 9.14. The molecule has 6 heteroatoms. The highest BCUT2D eigenvalue weighted by Gasteiger charge is 2.17. The van der Waals surface area contributed by atoms with Crippen molar-refractivity contribution in [2.24, 2.45) is 0 Å². The standard InChI is InChI=1S/C11H12N4O2/c12-6-8-5-9(1-2-11(8)15(16)17)14-10-3-4-13-7-10/h1-2,5,10,13-14H,3-4,7H2. The average Bonchev–Trinajstić information content (AvgIpc) is 2.81. The van der Waals surface area contributed by atoms with Crippen LogP contribution in [0.3, 0.4) is 0 Å². The molecule has 0 bridgehead atoms. The summed E-state index contributed by atoms with van der Waals surface area (Å²) in [5, 5.41) is 26.0. The molecule has 1 aliphatic rings. The SMILES string of the molecule is N#Cc1cc(NC2CCNC2)ccc1[N+](=O)[O-]. The first kappa shape index (κ1) is 11.4. The molecule has 1 aromatic carbocycles. The molecule has 1 fully saturated rings. The van der Waals surface area contributed by atoms with Crippen molar-refractivity contribution < 1.29 is 4.92 Å². The monoisotopic (exact) mass is 232 g/mol. The maximum absolute atomic E-state index is 10.7. The van der Waals surface area contributed by atoms with Gasteiger partial charge in [-0.3, -0.25) is 10.1 Å². The molecule has 0 saturated carbocycles. The van der Waals surface area contributed by atoms with E-state index in [2.05, 4.69) is 10.6 Å². The van der Waals surface area contributed by atoms with E-state index in [0.717, 1.165) is 25.2 Å². The molecule has 1 saturated heterocycles. The summed E-state index contributed by atoms with van der Waals surface area (Å²) in [5.41, 5.74) is 0.689. The van der Waals surface area contributed by atoms with Gasteiger partial charge in [0.05, 0.1) is 4.92 Å². The maximum atomic E-state index is 10.7. The lowest BCUT2D eigenvalue weighted by Gasteiger charge is -2.12. The molecule has 0 aliphatic carbocycles. The number of hydrogen-bond acceptors (Lipinski definition) is 5. The molecule has 0 radical (unpaired) electrons. The number of nitrogens with one attached hydrogen (secondary N) is 2. The lowest BCUT2D eigenvalue weighted by atomic mass is 10.1. The number of nitriles is 1. The van der Waals surface area contributed by atoms with Crippen LogP contribution in [0.2, 0.25) is 0 Å². The van der Waals surface area contributed by atoms with Crippen LogP contribution in [0.25, 0.3) is 0 Å². The Hall–Kier alpha value is -2.13. The van der Waals surface area contributed by atoms with Crippen molar-refractivity contribution in [3.63, 3.8) is 0 Å². The molecule has 2 rings (SSSR count). The first-order valence-corrected chi connectivity index (χ1v) is 5.36. The van der Waals surface area contributed by atoms with Crippen LogP contribution in [0, 0.1) is 21.4 Å². The highest BCUT2D eigenvalue weighted by atomic mass is 16.6. The molecular weight excluding hydrogens is 220 g/mol. The summed E-state index contributed by atoms with van der Waals surface area (Å²) in [5.74, 6) is 0. The minimum absolute atomic E-state index is 0.0888. The van der Waals surface area contributed by atoms with Crippen molar-refractivity contribution in [1.82, 2.24) is 5.32 Å². The number of hydrogen-bond donors (Lipinski definition) is 2. The summed E-state index contributed by atoms with van der Waals surface area (Å²) in [6, 6.07) is 6.69. The van der Waals surface area contributed by atoms with Crippen LogP contribution in [0.1, 0.15) is 12.0 Å². The predicted molar refractivity (Wildman–Crippen MR) is 62.7 cm³/mol. The van der Waals surface area contributed by atoms with Crippen LogP contribution in [-0.4, -0.2) is 24.1 Å². The van der Waals surface area contributed by atoms with Gasteiger partial charge in [0.1, 0.15) is 11.6 Å². The number of rotatable bonds is 3. The second-order valence-electron chi connectivity index (χ2n) is 3.93. The fourth-order valence-corrected chi connectivity index (χ4v) is 1.89. The number of nitro groups is 1. The second kappa shape index (κ2) is 4.80. The third kappa shape index (κ3) is 2.52. The van der Waals surface area contributed by atoms with E-state index in [1.54, 1.807) is 6.07 Å². The van der Waals surface area contributed by atoms with E-state index in [1.165, 1.54) is 12.1 Å². The van der Waals surface area contributed by atoms with E-state index in [1.807, 2.05) is 6.07 Å². The van der Waals surface area contributed by atoms with Crippen molar-refractivity contribution >= 4 is 11.4 Å². The summed E-state index contributed by atoms with van der Waals surface area (Å²) >= 11 is 0. The van der Waals surface area contributed by atoms with Crippen molar-refractivity contribution in [2.45, 2.75) is 12.5 Å². The van der Waals surface area contributed by atoms with E-state index < -0.39 is 4.92 Å². The van der Waals surface area contributed by atoms with Gasteiger partial charge in [0, 0.05) is 24.3 Å². The lowest BCUT2D eigenvalue weighted by Crippen LogP contribution is -2.22. The van der Waals surface area contributed by atoms with E-state index in [9.17, 15) is 10.1 Å². The van der Waals surface area contributed by atoms with Crippen LogP contribution >= 0.6 is 0 Å². The molecule has 17 heavy (non-hydrogen) atoms. The van der Waals surface area contributed by atoms with Gasteiger partial charge in [-0.1, -0.05) is 0 Å². The Bertz CT molecular complexity index is 475. The first-order chi connectivity index (χ1) is 8.20. The van der Waals surface area contributed by atoms with Gasteiger partial charge in [-0.2, -0.15) is 5.26 Å². The molecule has 0 spiro atoms. The van der Waals surface area contributed by atoms with Crippen molar-refractivity contribution in [3.05, 3.63) is 33.9 Å².